The summed E-state index contributed by atoms with van der Waals surface area (Å²) in [5.41, 5.74) is 6.01. The second-order valence-corrected chi connectivity index (χ2v) is 4.71. The van der Waals surface area contributed by atoms with Gasteiger partial charge in [-0.05, 0) is 45.7 Å². The van der Waals surface area contributed by atoms with Gasteiger partial charge in [0.15, 0.2) is 0 Å². The van der Waals surface area contributed by atoms with E-state index in [1.54, 1.807) is 0 Å². The van der Waals surface area contributed by atoms with Gasteiger partial charge >= 0.3 is 0 Å². The fourth-order valence-electron chi connectivity index (χ4n) is 1.47. The van der Waals surface area contributed by atoms with Crippen molar-refractivity contribution >= 4 is 0 Å². The third-order valence-corrected chi connectivity index (χ3v) is 2.26. The molecule has 0 saturated carbocycles. The topological polar surface area (TPSA) is 38.0 Å². The molecule has 0 rings (SSSR count). The molecule has 0 amide bonds. The molecule has 0 unspecified atom stereocenters. The van der Waals surface area contributed by atoms with Crippen LogP contribution in [0.3, 0.4) is 0 Å². The first-order valence-corrected chi connectivity index (χ1v) is 4.81. The molecule has 0 spiro atoms. The maximum atomic E-state index is 6.07. The smallest absolute Gasteiger partial charge is 0.0138 e. The highest BCUT2D eigenvalue weighted by atomic mass is 14.8. The van der Waals surface area contributed by atoms with Gasteiger partial charge in [-0.25, -0.2) is 0 Å². The number of hydrogen-bond acceptors (Lipinski definition) is 2. The lowest BCUT2D eigenvalue weighted by atomic mass is 9.82. The quantitative estimate of drug-likeness (QED) is 0.661. The molecule has 0 aromatic rings. The zero-order valence-corrected chi connectivity index (χ0v) is 9.15. The van der Waals surface area contributed by atoms with E-state index in [2.05, 4.69) is 33.0 Å². The highest BCUT2D eigenvalue weighted by molar-refractivity contribution is 4.83. The van der Waals surface area contributed by atoms with Crippen LogP contribution in [0.25, 0.3) is 0 Å². The molecule has 2 heteroatoms. The second kappa shape index (κ2) is 4.83. The predicted molar refractivity (Wildman–Crippen MR) is 55.1 cm³/mol. The maximum absolute atomic E-state index is 6.07. The van der Waals surface area contributed by atoms with Crippen LogP contribution in [-0.4, -0.2) is 19.1 Å². The molecule has 0 aliphatic rings. The fraction of sp³-hybridized carbons (Fsp3) is 1.00. The predicted octanol–water partition coefficient (Wildman–Crippen LogP) is 1.61. The molecule has 0 fully saturated rings. The summed E-state index contributed by atoms with van der Waals surface area (Å²) in [5, 5.41) is 3.20. The van der Waals surface area contributed by atoms with Crippen molar-refractivity contribution in [2.45, 2.75) is 39.7 Å². The van der Waals surface area contributed by atoms with Gasteiger partial charge in [0.25, 0.3) is 0 Å². The molecule has 0 aliphatic carbocycles. The van der Waals surface area contributed by atoms with Gasteiger partial charge in [-0.2, -0.15) is 0 Å². The molecule has 12 heavy (non-hydrogen) atoms. The van der Waals surface area contributed by atoms with E-state index in [-0.39, 0.29) is 5.54 Å². The number of nitrogens with one attached hydrogen (secondary N) is 1. The summed E-state index contributed by atoms with van der Waals surface area (Å²) in [5.74, 6) is 1.30. The van der Waals surface area contributed by atoms with Crippen LogP contribution >= 0.6 is 0 Å². The van der Waals surface area contributed by atoms with Crippen molar-refractivity contribution < 1.29 is 0 Å². The van der Waals surface area contributed by atoms with Crippen molar-refractivity contribution in [3.63, 3.8) is 0 Å². The van der Waals surface area contributed by atoms with Gasteiger partial charge in [0.05, 0.1) is 0 Å². The summed E-state index contributed by atoms with van der Waals surface area (Å²) in [4.78, 5) is 0. The van der Waals surface area contributed by atoms with E-state index >= 15 is 0 Å². The third kappa shape index (κ3) is 4.73. The van der Waals surface area contributed by atoms with E-state index < -0.39 is 0 Å². The van der Waals surface area contributed by atoms with E-state index in [1.807, 2.05) is 7.05 Å². The lowest BCUT2D eigenvalue weighted by Crippen LogP contribution is -2.45. The molecule has 0 saturated heterocycles. The van der Waals surface area contributed by atoms with Crippen LogP contribution < -0.4 is 11.1 Å². The van der Waals surface area contributed by atoms with Crippen molar-refractivity contribution in [2.75, 3.05) is 13.6 Å². The molecule has 0 radical (unpaired) electrons. The molecule has 2 nitrogen and oxygen atoms in total. The average Bonchev–Trinajstić information content (AvgIpc) is 1.83. The lowest BCUT2D eigenvalue weighted by molar-refractivity contribution is 0.266. The van der Waals surface area contributed by atoms with Gasteiger partial charge in [0.1, 0.15) is 0 Å². The Morgan fingerprint density at radius 2 is 1.83 bits per heavy atom. The summed E-state index contributed by atoms with van der Waals surface area (Å²) in [6.45, 7) is 9.72. The minimum Gasteiger partial charge on any atom is -0.325 e. The minimum absolute atomic E-state index is 0.0622. The Kier molecular flexibility index (Phi) is 4.80. The highest BCUT2D eigenvalue weighted by Crippen LogP contribution is 2.21. The molecular weight excluding hydrogens is 148 g/mol. The van der Waals surface area contributed by atoms with Crippen LogP contribution in [0, 0.1) is 11.8 Å². The van der Waals surface area contributed by atoms with Crippen molar-refractivity contribution in [1.29, 1.82) is 0 Å². The second-order valence-electron chi connectivity index (χ2n) is 4.71. The first-order valence-electron chi connectivity index (χ1n) is 4.81. The maximum Gasteiger partial charge on any atom is 0.0138 e. The van der Waals surface area contributed by atoms with E-state index in [4.69, 9.17) is 5.73 Å². The number of nitrogens with two attached hydrogens (primary N) is 1. The van der Waals surface area contributed by atoms with Crippen LogP contribution in [0.5, 0.6) is 0 Å². The molecule has 1 atom stereocenters. The van der Waals surface area contributed by atoms with E-state index in [9.17, 15) is 0 Å². The normalized spacial score (nSPS) is 15.2. The van der Waals surface area contributed by atoms with E-state index in [0.29, 0.717) is 5.92 Å². The van der Waals surface area contributed by atoms with Gasteiger partial charge in [-0.3, -0.25) is 0 Å². The highest BCUT2D eigenvalue weighted by Gasteiger charge is 2.24. The first-order chi connectivity index (χ1) is 5.38. The minimum atomic E-state index is -0.0622. The Morgan fingerprint density at radius 3 is 2.08 bits per heavy atom. The monoisotopic (exact) mass is 172 g/mol. The summed E-state index contributed by atoms with van der Waals surface area (Å²) in [6.07, 6.45) is 1.20. The first kappa shape index (κ1) is 11.9. The Balaban J connectivity index is 4.04. The zero-order chi connectivity index (χ0) is 9.78. The lowest BCUT2D eigenvalue weighted by Gasteiger charge is -2.31. The molecule has 0 bridgehead atoms. The van der Waals surface area contributed by atoms with Gasteiger partial charge < -0.3 is 11.1 Å². The fourth-order valence-corrected chi connectivity index (χ4v) is 1.47. The summed E-state index contributed by atoms with van der Waals surface area (Å²) >= 11 is 0. The Bertz CT molecular complexity index is 113. The largest absolute Gasteiger partial charge is 0.325 e. The van der Waals surface area contributed by atoms with Crippen LogP contribution in [-0.2, 0) is 0 Å². The SMILES string of the molecule is CNC[C@H](CC(C)C)C(C)(C)N. The molecule has 0 aromatic heterocycles. The molecule has 74 valence electrons. The molecule has 0 heterocycles. The van der Waals surface area contributed by atoms with Gasteiger partial charge in [0, 0.05) is 5.54 Å². The van der Waals surface area contributed by atoms with Crippen LogP contribution in [0.15, 0.2) is 0 Å². The molecular formula is C10H24N2. The van der Waals surface area contributed by atoms with Crippen LogP contribution in [0.4, 0.5) is 0 Å². The molecule has 0 aliphatic heterocycles. The Labute approximate surface area is 76.9 Å². The van der Waals surface area contributed by atoms with Crippen molar-refractivity contribution in [3.8, 4) is 0 Å². The zero-order valence-electron chi connectivity index (χ0n) is 9.15. The number of rotatable bonds is 5. The average molecular weight is 172 g/mol. The van der Waals surface area contributed by atoms with Crippen molar-refractivity contribution in [3.05, 3.63) is 0 Å². The van der Waals surface area contributed by atoms with Gasteiger partial charge in [-0.15, -0.1) is 0 Å². The summed E-state index contributed by atoms with van der Waals surface area (Å²) in [6, 6.07) is 0. The summed E-state index contributed by atoms with van der Waals surface area (Å²) in [7, 11) is 1.99. The standard InChI is InChI=1S/C10H24N2/c1-8(2)6-9(7-12-5)10(3,4)11/h8-9,12H,6-7,11H2,1-5H3/t9-/m0/s1. The van der Waals surface area contributed by atoms with Crippen molar-refractivity contribution in [2.24, 2.45) is 17.6 Å². The van der Waals surface area contributed by atoms with Crippen molar-refractivity contribution in [1.82, 2.24) is 5.32 Å². The van der Waals surface area contributed by atoms with E-state index in [1.165, 1.54) is 6.42 Å². The Hall–Kier alpha value is -0.0800. The third-order valence-electron chi connectivity index (χ3n) is 2.26. The van der Waals surface area contributed by atoms with E-state index in [0.717, 1.165) is 12.5 Å². The molecule has 0 aromatic carbocycles. The summed E-state index contributed by atoms with van der Waals surface area (Å²) < 4.78 is 0. The molecule has 3 N–H and O–H groups in total. The number of hydrogen-bond donors (Lipinski definition) is 2. The van der Waals surface area contributed by atoms with Crippen LogP contribution in [0.2, 0.25) is 0 Å². The Morgan fingerprint density at radius 1 is 1.33 bits per heavy atom. The van der Waals surface area contributed by atoms with Gasteiger partial charge in [0.2, 0.25) is 0 Å². The van der Waals surface area contributed by atoms with Gasteiger partial charge in [-0.1, -0.05) is 13.8 Å². The van der Waals surface area contributed by atoms with Crippen LogP contribution in [0.1, 0.15) is 34.1 Å².